The van der Waals surface area contributed by atoms with E-state index in [1.165, 1.54) is 57.8 Å². The summed E-state index contributed by atoms with van der Waals surface area (Å²) < 4.78 is 22.7. The average molecular weight is 1200 g/mol. The number of rotatable bonds is 50. The van der Waals surface area contributed by atoms with E-state index in [-0.39, 0.29) is 18.9 Å². The van der Waals surface area contributed by atoms with Gasteiger partial charge in [0.05, 0.1) is 32.0 Å². The van der Waals surface area contributed by atoms with Crippen molar-refractivity contribution in [2.45, 2.75) is 267 Å². The van der Waals surface area contributed by atoms with E-state index in [1.54, 1.807) is 6.08 Å². The van der Waals surface area contributed by atoms with Gasteiger partial charge in [-0.05, 0) is 116 Å². The quantitative estimate of drug-likeness (QED) is 0.0204. The maximum atomic E-state index is 13.3. The summed E-state index contributed by atoms with van der Waals surface area (Å²) in [6.07, 6.45) is 67.2. The number of ether oxygens (including phenoxy) is 4. The van der Waals surface area contributed by atoms with E-state index in [2.05, 4.69) is 165 Å². The lowest BCUT2D eigenvalue weighted by Gasteiger charge is -2.46. The van der Waals surface area contributed by atoms with Gasteiger partial charge in [0.25, 0.3) is 0 Å². The highest BCUT2D eigenvalue weighted by Crippen LogP contribution is 2.30. The first kappa shape index (κ1) is 77.7. The van der Waals surface area contributed by atoms with Crippen LogP contribution in [0.5, 0.6) is 0 Å². The minimum atomic E-state index is -1.80. The molecule has 86 heavy (non-hydrogen) atoms. The van der Waals surface area contributed by atoms with E-state index < -0.39 is 86.8 Å². The second-order valence-electron chi connectivity index (χ2n) is 22.1. The summed E-state index contributed by atoms with van der Waals surface area (Å²) >= 11 is 0. The van der Waals surface area contributed by atoms with Gasteiger partial charge in [-0.3, -0.25) is 4.79 Å². The molecule has 0 aromatic rings. The Morgan fingerprint density at radius 1 is 0.430 bits per heavy atom. The molecule has 1 amide bonds. The average Bonchev–Trinajstić information content (AvgIpc) is 1.83. The van der Waals surface area contributed by atoms with Crippen LogP contribution in [0.4, 0.5) is 0 Å². The normalized spacial score (nSPS) is 24.5. The molecule has 0 aromatic carbocycles. The second-order valence-corrected chi connectivity index (χ2v) is 22.1. The van der Waals surface area contributed by atoms with Crippen LogP contribution in [0.15, 0.2) is 158 Å². The van der Waals surface area contributed by atoms with Gasteiger partial charge >= 0.3 is 0 Å². The summed E-state index contributed by atoms with van der Waals surface area (Å²) in [7, 11) is 0. The van der Waals surface area contributed by atoms with Gasteiger partial charge in [-0.1, -0.05) is 230 Å². The van der Waals surface area contributed by atoms with E-state index in [9.17, 15) is 45.6 Å². The van der Waals surface area contributed by atoms with Crippen LogP contribution in [-0.2, 0) is 23.7 Å². The SMILES string of the molecule is CC/C=C\C/C=C\C/C=C\C/C=C\C/C=C\C/C=C\C/C=C\C/C=C\C/C=C\C/C=C\C/C=C\CCCCCC(=O)NC(COC1OC(CO)C(OC2OC(CO)C(O)C(O)C2O)C(O)C1O)C(O)/C=C/CC/C=C/CCCCCCCCCCC. The van der Waals surface area contributed by atoms with Crippen molar-refractivity contribution in [2.75, 3.05) is 19.8 Å². The van der Waals surface area contributed by atoms with E-state index >= 15 is 0 Å². The number of hydrogen-bond donors (Lipinski definition) is 9. The third-order valence-corrected chi connectivity index (χ3v) is 14.7. The molecule has 2 rings (SSSR count). The van der Waals surface area contributed by atoms with Crippen molar-refractivity contribution in [3.63, 3.8) is 0 Å². The molecule has 0 aromatic heterocycles. The van der Waals surface area contributed by atoms with Crippen LogP contribution in [0.25, 0.3) is 0 Å². The van der Waals surface area contributed by atoms with Gasteiger partial charge in [0.15, 0.2) is 12.6 Å². The van der Waals surface area contributed by atoms with Crippen LogP contribution in [0.3, 0.4) is 0 Å². The van der Waals surface area contributed by atoms with Crippen LogP contribution in [0.2, 0.25) is 0 Å². The Bertz CT molecular complexity index is 2050. The zero-order chi connectivity index (χ0) is 62.3. The molecule has 2 heterocycles. The molecular formula is C72H115NO13. The number of hydrogen-bond acceptors (Lipinski definition) is 13. The predicted octanol–water partition coefficient (Wildman–Crippen LogP) is 12.7. The Hall–Kier alpha value is -4.39. The summed E-state index contributed by atoms with van der Waals surface area (Å²) in [6.45, 7) is 2.61. The predicted molar refractivity (Wildman–Crippen MR) is 350 cm³/mol. The second kappa shape index (κ2) is 54.7. The van der Waals surface area contributed by atoms with Crippen molar-refractivity contribution in [3.05, 3.63) is 158 Å². The number of amides is 1. The molecule has 2 fully saturated rings. The maximum Gasteiger partial charge on any atom is 0.220 e. The van der Waals surface area contributed by atoms with Crippen molar-refractivity contribution >= 4 is 5.91 Å². The fourth-order valence-electron chi connectivity index (χ4n) is 9.49. The molecule has 0 spiro atoms. The van der Waals surface area contributed by atoms with Crippen molar-refractivity contribution in [3.8, 4) is 0 Å². The molecule has 12 unspecified atom stereocenters. The Morgan fingerprint density at radius 3 is 1.28 bits per heavy atom. The van der Waals surface area contributed by atoms with Crippen LogP contribution >= 0.6 is 0 Å². The number of allylic oxidation sites excluding steroid dienone is 25. The number of unbranched alkanes of at least 4 members (excludes halogenated alkanes) is 13. The van der Waals surface area contributed by atoms with Gasteiger partial charge in [0, 0.05) is 6.42 Å². The first-order valence-corrected chi connectivity index (χ1v) is 32.7. The van der Waals surface area contributed by atoms with Gasteiger partial charge in [0.2, 0.25) is 5.91 Å². The third-order valence-electron chi connectivity index (χ3n) is 14.7. The lowest BCUT2D eigenvalue weighted by Crippen LogP contribution is -2.65. The Morgan fingerprint density at radius 2 is 0.814 bits per heavy atom. The maximum absolute atomic E-state index is 13.3. The largest absolute Gasteiger partial charge is 0.394 e. The molecule has 2 aliphatic rings. The fraction of sp³-hybridized carbons (Fsp3) is 0.625. The smallest absolute Gasteiger partial charge is 0.220 e. The van der Waals surface area contributed by atoms with E-state index in [0.29, 0.717) is 12.8 Å². The molecule has 12 atom stereocenters. The highest BCUT2D eigenvalue weighted by Gasteiger charge is 2.51. The Labute approximate surface area is 518 Å². The highest BCUT2D eigenvalue weighted by atomic mass is 16.7. The minimum absolute atomic E-state index is 0.222. The van der Waals surface area contributed by atoms with Crippen molar-refractivity contribution in [2.24, 2.45) is 0 Å². The number of carbonyl (C=O) groups is 1. The highest BCUT2D eigenvalue weighted by molar-refractivity contribution is 5.76. The molecule has 2 saturated heterocycles. The first-order valence-electron chi connectivity index (χ1n) is 32.7. The van der Waals surface area contributed by atoms with Gasteiger partial charge in [-0.15, -0.1) is 0 Å². The zero-order valence-corrected chi connectivity index (χ0v) is 52.5. The van der Waals surface area contributed by atoms with Crippen molar-refractivity contribution in [1.82, 2.24) is 5.32 Å². The van der Waals surface area contributed by atoms with Crippen LogP contribution in [-0.4, -0.2) is 140 Å². The van der Waals surface area contributed by atoms with Gasteiger partial charge in [0.1, 0.15) is 48.8 Å². The number of aliphatic hydroxyl groups is 8. The summed E-state index contributed by atoms with van der Waals surface area (Å²) in [5.74, 6) is -0.289. The first-order chi connectivity index (χ1) is 42.1. The molecule has 486 valence electrons. The van der Waals surface area contributed by atoms with E-state index in [4.69, 9.17) is 18.9 Å². The monoisotopic (exact) mass is 1200 g/mol. The summed E-state index contributed by atoms with van der Waals surface area (Å²) in [6, 6.07) is -0.962. The topological polar surface area (TPSA) is 228 Å². The van der Waals surface area contributed by atoms with Crippen LogP contribution in [0.1, 0.15) is 194 Å². The minimum Gasteiger partial charge on any atom is -0.394 e. The van der Waals surface area contributed by atoms with E-state index in [1.807, 2.05) is 6.08 Å². The molecule has 14 nitrogen and oxygen atoms in total. The number of aliphatic hydroxyl groups excluding tert-OH is 8. The van der Waals surface area contributed by atoms with Gasteiger partial charge in [-0.2, -0.15) is 0 Å². The fourth-order valence-corrected chi connectivity index (χ4v) is 9.49. The van der Waals surface area contributed by atoms with Gasteiger partial charge in [-0.25, -0.2) is 0 Å². The van der Waals surface area contributed by atoms with Crippen molar-refractivity contribution in [1.29, 1.82) is 0 Å². The molecular weight excluding hydrogens is 1090 g/mol. The summed E-state index contributed by atoms with van der Waals surface area (Å²) in [4.78, 5) is 13.3. The Balaban J connectivity index is 1.71. The number of carbonyl (C=O) groups excluding carboxylic acids is 1. The lowest BCUT2D eigenvalue weighted by atomic mass is 9.97. The van der Waals surface area contributed by atoms with Crippen LogP contribution < -0.4 is 5.32 Å². The standard InChI is InChI=1S/C72H115NO13/c1-3-5-7-9-11-13-15-17-19-20-21-22-23-24-25-26-27-28-29-30-31-32-33-34-35-36-37-38-39-40-42-44-46-48-50-52-54-56-64(77)73-60(61(76)55-53-51-49-47-45-43-41-18-16-14-12-10-8-6-4-2)59-83-71-69(82)67(80)70(63(58-75)85-71)86-72-68(81)66(79)65(78)62(57-74)84-72/h5,7,11,13,17,19,21-22,24-25,27-28,30-31,33-34,36-37,39-40,44-47,53,55,60-63,65-72,74-76,78-82H,3-4,6,8-10,12,14-16,18,20,23,26,29,32,35,38,41-43,48-52,54,56-59H2,1-2H3,(H,73,77)/b7-5-,13-11-,19-17-,22-21-,25-24-,28-27-,31-30-,34-33-,37-36-,40-39-,46-44-,47-45+,55-53+. The third kappa shape index (κ3) is 38.8. The van der Waals surface area contributed by atoms with Gasteiger partial charge < -0.3 is 65.1 Å². The molecule has 0 saturated carbocycles. The zero-order valence-electron chi connectivity index (χ0n) is 52.5. The lowest BCUT2D eigenvalue weighted by molar-refractivity contribution is -0.359. The van der Waals surface area contributed by atoms with E-state index in [0.717, 1.165) is 103 Å². The molecule has 2 aliphatic heterocycles. The number of nitrogens with one attached hydrogen (secondary N) is 1. The molecule has 0 radical (unpaired) electrons. The van der Waals surface area contributed by atoms with Crippen LogP contribution in [0, 0.1) is 0 Å². The summed E-state index contributed by atoms with van der Waals surface area (Å²) in [5.41, 5.74) is 0. The van der Waals surface area contributed by atoms with Crippen molar-refractivity contribution < 1.29 is 64.6 Å². The summed E-state index contributed by atoms with van der Waals surface area (Å²) in [5, 5.41) is 87.1. The molecule has 9 N–H and O–H groups in total. The molecule has 0 bridgehead atoms. The molecule has 14 heteroatoms. The Kier molecular flexibility index (Phi) is 49.5. The molecule has 0 aliphatic carbocycles.